The molecule has 2 aliphatic rings. The first kappa shape index (κ1) is 25.3. The molecule has 0 amide bonds. The lowest BCUT2D eigenvalue weighted by Gasteiger charge is -2.31. The van der Waals surface area contributed by atoms with Crippen LogP contribution in [0.5, 0.6) is 0 Å². The third-order valence-corrected chi connectivity index (χ3v) is 8.21. The van der Waals surface area contributed by atoms with Crippen molar-refractivity contribution in [2.45, 2.75) is 42.4 Å². The molecule has 36 heavy (non-hydrogen) atoms. The summed E-state index contributed by atoms with van der Waals surface area (Å²) in [6.07, 6.45) is -1.02. The minimum atomic E-state index is -3.28. The minimum Gasteiger partial charge on any atom is -0.434 e. The summed E-state index contributed by atoms with van der Waals surface area (Å²) in [5.74, 6) is 0.412. The Morgan fingerprint density at radius 1 is 1.33 bits per heavy atom. The predicted molar refractivity (Wildman–Crippen MR) is 132 cm³/mol. The van der Waals surface area contributed by atoms with Crippen molar-refractivity contribution in [2.75, 3.05) is 26.2 Å². The predicted octanol–water partition coefficient (Wildman–Crippen LogP) is 2.41. The van der Waals surface area contributed by atoms with Gasteiger partial charge in [0.2, 0.25) is 6.79 Å². The Balaban J connectivity index is 1.44. The van der Waals surface area contributed by atoms with Gasteiger partial charge in [0.15, 0.2) is 34.5 Å². The lowest BCUT2D eigenvalue weighted by atomic mass is 10.1. The fraction of sp³-hybridized carbons (Fsp3) is 0.429. The molecule has 1 unspecified atom stereocenters. The van der Waals surface area contributed by atoms with Gasteiger partial charge < -0.3 is 19.9 Å². The van der Waals surface area contributed by atoms with Crippen LogP contribution in [0, 0.1) is 0 Å². The Kier molecular flexibility index (Phi) is 7.45. The second kappa shape index (κ2) is 10.6. The third-order valence-electron chi connectivity index (χ3n) is 5.68. The van der Waals surface area contributed by atoms with Crippen LogP contribution < -0.4 is 5.73 Å². The summed E-state index contributed by atoms with van der Waals surface area (Å²) in [6, 6.07) is 10.0. The van der Waals surface area contributed by atoms with Crippen LogP contribution in [0.25, 0.3) is 11.2 Å². The van der Waals surface area contributed by atoms with Gasteiger partial charge in [-0.15, -0.1) is 0 Å². The van der Waals surface area contributed by atoms with Gasteiger partial charge in [0.25, 0.3) is 0 Å². The Morgan fingerprint density at radius 2 is 2.14 bits per heavy atom. The van der Waals surface area contributed by atoms with Crippen molar-refractivity contribution < 1.29 is 32.6 Å². The number of fused-ring (bicyclic) bond motifs is 2. The Hall–Kier alpha value is -2.32. The molecule has 2 N–H and O–H groups in total. The first-order chi connectivity index (χ1) is 17.4. The minimum absolute atomic E-state index is 0.0988. The molecule has 0 aliphatic carbocycles. The van der Waals surface area contributed by atoms with Crippen LogP contribution in [0.2, 0.25) is 0 Å². The van der Waals surface area contributed by atoms with E-state index < -0.39 is 38.3 Å². The Bertz CT molecular complexity index is 1240. The molecule has 188 valence electrons. The standard InChI is InChI=1S/C21H24BN5O7PS/c1-12(28)30-11-32-35(22)31-8-14-16(34-35)17(29-2)20(33-14)27-19-15(18(23)24-10-25-19)26-21(27)36-9-13-6-4-3-5-7-13/h3-7,10,14,16-17,20H,8-9,11H2,1-2H3,(H2,23,24,25)/q+1/t14-,16-,17-,20-,35?/m1/s1. The maximum absolute atomic E-state index is 11.1. The van der Waals surface area contributed by atoms with Crippen molar-refractivity contribution in [3.8, 4) is 0 Å². The smallest absolute Gasteiger partial charge is 0.434 e. The number of rotatable bonds is 8. The van der Waals surface area contributed by atoms with Crippen LogP contribution in [-0.2, 0) is 38.3 Å². The molecule has 2 radical (unpaired) electrons. The zero-order valence-corrected chi connectivity index (χ0v) is 21.3. The number of hydrogen-bond donors (Lipinski definition) is 1. The number of thioether (sulfide) groups is 1. The number of anilines is 1. The van der Waals surface area contributed by atoms with Crippen LogP contribution in [0.15, 0.2) is 41.8 Å². The zero-order valence-electron chi connectivity index (χ0n) is 19.6. The van der Waals surface area contributed by atoms with E-state index in [0.717, 1.165) is 5.56 Å². The van der Waals surface area contributed by atoms with Crippen molar-refractivity contribution in [1.29, 1.82) is 0 Å². The molecule has 3 aromatic rings. The van der Waals surface area contributed by atoms with Crippen molar-refractivity contribution in [3.05, 3.63) is 42.2 Å². The molecule has 15 heteroatoms. The van der Waals surface area contributed by atoms with Crippen LogP contribution in [-0.4, -0.2) is 71.9 Å². The number of ether oxygens (including phenoxy) is 3. The van der Waals surface area contributed by atoms with Gasteiger partial charge in [0.1, 0.15) is 25.1 Å². The number of aromatic nitrogens is 4. The lowest BCUT2D eigenvalue weighted by Crippen LogP contribution is -2.42. The number of methoxy groups -OCH3 is 1. The van der Waals surface area contributed by atoms with E-state index in [9.17, 15) is 4.79 Å². The SMILES string of the molecule is [B][P+]1(OCOC(C)=O)OC[C@H]2O[C@@H](n3c(SCc4ccccc4)nc4c(N)ncnc43)[C@H](OC)[C@@H]2O1. The first-order valence-corrected chi connectivity index (χ1v) is 13.6. The molecule has 1 aromatic carbocycles. The molecule has 12 nitrogen and oxygen atoms in total. The molecule has 0 spiro atoms. The van der Waals surface area contributed by atoms with E-state index in [2.05, 4.69) is 9.97 Å². The largest absolute Gasteiger partial charge is 0.488 e. The van der Waals surface area contributed by atoms with Crippen LogP contribution in [0.1, 0.15) is 18.7 Å². The molecular formula is C21H24BN5O7PS+. The molecule has 0 bridgehead atoms. The number of hydrogen-bond acceptors (Lipinski definition) is 12. The van der Waals surface area contributed by atoms with E-state index in [0.29, 0.717) is 22.1 Å². The van der Waals surface area contributed by atoms with E-state index in [4.69, 9.17) is 46.1 Å². The fourth-order valence-electron chi connectivity index (χ4n) is 4.02. The second-order valence-electron chi connectivity index (χ2n) is 8.02. The van der Waals surface area contributed by atoms with Crippen LogP contribution in [0.3, 0.4) is 0 Å². The number of imidazole rings is 1. The number of nitrogens with zero attached hydrogens (tertiary/aromatic N) is 4. The second-order valence-corrected chi connectivity index (χ2v) is 10.8. The number of carbonyl (C=O) groups is 1. The van der Waals surface area contributed by atoms with E-state index >= 15 is 0 Å². The van der Waals surface area contributed by atoms with Gasteiger partial charge in [-0.3, -0.25) is 9.36 Å². The summed E-state index contributed by atoms with van der Waals surface area (Å²) < 4.78 is 35.9. The van der Waals surface area contributed by atoms with E-state index in [-0.39, 0.29) is 19.2 Å². The first-order valence-electron chi connectivity index (χ1n) is 11.0. The highest BCUT2D eigenvalue weighted by molar-refractivity contribution is 7.98. The molecule has 2 saturated heterocycles. The van der Waals surface area contributed by atoms with Gasteiger partial charge in [-0.05, 0) is 5.56 Å². The highest BCUT2D eigenvalue weighted by Gasteiger charge is 2.59. The van der Waals surface area contributed by atoms with Gasteiger partial charge in [-0.25, -0.2) is 15.0 Å². The van der Waals surface area contributed by atoms with Gasteiger partial charge >= 0.3 is 21.4 Å². The number of nitrogen functional groups attached to an aromatic ring is 1. The normalized spacial score (nSPS) is 27.7. The third kappa shape index (κ3) is 5.07. The van der Waals surface area contributed by atoms with Gasteiger partial charge in [-0.1, -0.05) is 42.1 Å². The molecule has 2 fully saturated rings. The molecular weight excluding hydrogens is 508 g/mol. The van der Waals surface area contributed by atoms with Crippen molar-refractivity contribution in [3.63, 3.8) is 0 Å². The molecule has 2 aliphatic heterocycles. The highest BCUT2D eigenvalue weighted by Crippen LogP contribution is 2.63. The van der Waals surface area contributed by atoms with Gasteiger partial charge in [0.05, 0.1) is 0 Å². The summed E-state index contributed by atoms with van der Waals surface area (Å²) in [6.45, 7) is 0.974. The summed E-state index contributed by atoms with van der Waals surface area (Å²) in [7, 11) is 4.49. The number of nitrogens with two attached hydrogens (primary N) is 1. The molecule has 2 aromatic heterocycles. The van der Waals surface area contributed by atoms with Crippen LogP contribution >= 0.6 is 19.6 Å². The quantitative estimate of drug-likeness (QED) is 0.150. The summed E-state index contributed by atoms with van der Waals surface area (Å²) in [4.78, 5) is 24.3. The zero-order chi connectivity index (χ0) is 25.3. The Morgan fingerprint density at radius 3 is 2.89 bits per heavy atom. The lowest BCUT2D eigenvalue weighted by molar-refractivity contribution is -0.149. The highest BCUT2D eigenvalue weighted by atomic mass is 32.2. The van der Waals surface area contributed by atoms with E-state index in [1.54, 1.807) is 7.11 Å². The average Bonchev–Trinajstić information content (AvgIpc) is 3.40. The summed E-state index contributed by atoms with van der Waals surface area (Å²) in [5.41, 5.74) is 8.21. The summed E-state index contributed by atoms with van der Waals surface area (Å²) >= 11 is 1.51. The molecule has 0 saturated carbocycles. The van der Waals surface area contributed by atoms with E-state index in [1.807, 2.05) is 34.9 Å². The summed E-state index contributed by atoms with van der Waals surface area (Å²) in [5, 5.41) is 0.632. The number of esters is 1. The van der Waals surface area contributed by atoms with Gasteiger partial charge in [-0.2, -0.15) is 13.6 Å². The fourth-order valence-corrected chi connectivity index (χ4v) is 6.33. The van der Waals surface area contributed by atoms with Crippen molar-refractivity contribution in [1.82, 2.24) is 19.5 Å². The number of benzene rings is 1. The monoisotopic (exact) mass is 532 g/mol. The maximum atomic E-state index is 11.1. The molecule has 5 rings (SSSR count). The van der Waals surface area contributed by atoms with Crippen molar-refractivity contribution in [2.24, 2.45) is 0 Å². The average molecular weight is 532 g/mol. The topological polar surface area (TPSA) is 142 Å². The van der Waals surface area contributed by atoms with Crippen LogP contribution in [0.4, 0.5) is 5.82 Å². The van der Waals surface area contributed by atoms with Gasteiger partial charge in [0, 0.05) is 19.8 Å². The molecule has 5 atom stereocenters. The van der Waals surface area contributed by atoms with Crippen molar-refractivity contribution >= 4 is 50.1 Å². The Labute approximate surface area is 213 Å². The number of carbonyl (C=O) groups excluding carboxylic acids is 1. The maximum Gasteiger partial charge on any atom is 0.488 e. The molecule has 4 heterocycles. The van der Waals surface area contributed by atoms with E-state index in [1.165, 1.54) is 25.0 Å².